The molecule has 17 heavy (non-hydrogen) atoms. The number of carbonyl (C=O) groups is 2. The van der Waals surface area contributed by atoms with Crippen molar-refractivity contribution < 1.29 is 14.3 Å². The van der Waals surface area contributed by atoms with Crippen LogP contribution < -0.4 is 5.32 Å². The number of rotatable bonds is 5. The molecule has 0 radical (unpaired) electrons. The molecule has 1 N–H and O–H groups in total. The lowest BCUT2D eigenvalue weighted by Crippen LogP contribution is -2.38. The first-order chi connectivity index (χ1) is 8.13. The van der Waals surface area contributed by atoms with E-state index in [0.717, 1.165) is 5.56 Å². The molecule has 0 heterocycles. The second-order valence-electron chi connectivity index (χ2n) is 3.51. The minimum atomic E-state index is -0.608. The third kappa shape index (κ3) is 4.91. The highest BCUT2D eigenvalue weighted by molar-refractivity contribution is 7.96. The number of nitrogens with one attached hydrogen (secondary N) is 1. The fourth-order valence-electron chi connectivity index (χ4n) is 1.25. The van der Waals surface area contributed by atoms with Crippen LogP contribution in [0.4, 0.5) is 4.79 Å². The maximum absolute atomic E-state index is 11.4. The zero-order valence-corrected chi connectivity index (χ0v) is 10.4. The number of benzene rings is 1. The minimum absolute atomic E-state index is 0.184. The lowest BCUT2D eigenvalue weighted by Gasteiger charge is -2.13. The van der Waals surface area contributed by atoms with Gasteiger partial charge in [0.25, 0.3) is 0 Å². The maximum Gasteiger partial charge on any atom is 0.408 e. The van der Waals surface area contributed by atoms with E-state index >= 15 is 0 Å². The summed E-state index contributed by atoms with van der Waals surface area (Å²) >= 11 is 3.68. The number of hydrogen-bond donors (Lipinski definition) is 2. The minimum Gasteiger partial charge on any atom is -0.445 e. The van der Waals surface area contributed by atoms with Crippen molar-refractivity contribution in [2.24, 2.45) is 0 Å². The summed E-state index contributed by atoms with van der Waals surface area (Å²) in [6.07, 6.45) is -0.119. The van der Waals surface area contributed by atoms with Crippen LogP contribution in [-0.4, -0.2) is 17.3 Å². The molecule has 1 atom stereocenters. The van der Waals surface area contributed by atoms with E-state index in [1.54, 1.807) is 6.92 Å². The molecule has 5 heteroatoms. The number of hydrogen-bond acceptors (Lipinski definition) is 3. The Kier molecular flexibility index (Phi) is 5.56. The quantitative estimate of drug-likeness (QED) is 0.791. The van der Waals surface area contributed by atoms with Gasteiger partial charge < -0.3 is 10.1 Å². The van der Waals surface area contributed by atoms with Gasteiger partial charge in [-0.1, -0.05) is 37.3 Å². The maximum atomic E-state index is 11.4. The van der Waals surface area contributed by atoms with E-state index in [2.05, 4.69) is 17.9 Å². The largest absolute Gasteiger partial charge is 0.445 e. The van der Waals surface area contributed by atoms with Crippen LogP contribution in [0.3, 0.4) is 0 Å². The van der Waals surface area contributed by atoms with Gasteiger partial charge in [-0.05, 0) is 12.0 Å². The van der Waals surface area contributed by atoms with Crippen LogP contribution >= 0.6 is 12.6 Å². The van der Waals surface area contributed by atoms with Gasteiger partial charge in [0.2, 0.25) is 5.12 Å². The summed E-state index contributed by atoms with van der Waals surface area (Å²) in [4.78, 5) is 22.3. The molecule has 1 unspecified atom stereocenters. The fraction of sp³-hybridized carbons (Fsp3) is 0.333. The average molecular weight is 253 g/mol. The molecular weight excluding hydrogens is 238 g/mol. The smallest absolute Gasteiger partial charge is 0.408 e. The third-order valence-corrected chi connectivity index (χ3v) is 2.52. The fourth-order valence-corrected chi connectivity index (χ4v) is 1.49. The Morgan fingerprint density at radius 3 is 2.53 bits per heavy atom. The van der Waals surface area contributed by atoms with Crippen molar-refractivity contribution in [2.75, 3.05) is 0 Å². The second-order valence-corrected chi connectivity index (χ2v) is 3.95. The van der Waals surface area contributed by atoms with Crippen LogP contribution in [0.2, 0.25) is 0 Å². The Balaban J connectivity index is 2.37. The standard InChI is InChI=1S/C12H15NO3S/c1-2-10(11(14)17)13-12(15)16-8-9-6-4-3-5-7-9/h3-7,10H,2,8H2,1H3,(H,13,15)(H,14,17). The summed E-state index contributed by atoms with van der Waals surface area (Å²) in [6.45, 7) is 1.97. The molecule has 1 aromatic carbocycles. The van der Waals surface area contributed by atoms with E-state index in [4.69, 9.17) is 4.74 Å². The van der Waals surface area contributed by atoms with Crippen LogP contribution in [0.5, 0.6) is 0 Å². The second kappa shape index (κ2) is 6.96. The molecule has 1 amide bonds. The predicted octanol–water partition coefficient (Wildman–Crippen LogP) is 2.15. The van der Waals surface area contributed by atoms with Gasteiger partial charge in [-0.2, -0.15) is 0 Å². The van der Waals surface area contributed by atoms with Gasteiger partial charge in [-0.3, -0.25) is 4.79 Å². The molecule has 4 nitrogen and oxygen atoms in total. The first-order valence-electron chi connectivity index (χ1n) is 5.33. The van der Waals surface area contributed by atoms with Crippen LogP contribution in [-0.2, 0) is 16.1 Å². The molecular formula is C12H15NO3S. The van der Waals surface area contributed by atoms with Gasteiger partial charge in [0.15, 0.2) is 0 Å². The van der Waals surface area contributed by atoms with Gasteiger partial charge in [-0.25, -0.2) is 4.79 Å². The summed E-state index contributed by atoms with van der Waals surface area (Å²) in [5.74, 6) is 0. The Hall–Kier alpha value is -1.49. The number of amides is 1. The van der Waals surface area contributed by atoms with Crippen LogP contribution in [0, 0.1) is 0 Å². The van der Waals surface area contributed by atoms with E-state index in [1.165, 1.54) is 0 Å². The van der Waals surface area contributed by atoms with E-state index in [0.29, 0.717) is 6.42 Å². The van der Waals surface area contributed by atoms with Gasteiger partial charge in [-0.15, -0.1) is 12.6 Å². The van der Waals surface area contributed by atoms with Crippen molar-refractivity contribution in [1.29, 1.82) is 0 Å². The molecule has 0 aliphatic rings. The van der Waals surface area contributed by atoms with Crippen molar-refractivity contribution >= 4 is 23.8 Å². The SMILES string of the molecule is CCC(NC(=O)OCc1ccccc1)C(=O)S. The first kappa shape index (κ1) is 13.6. The van der Waals surface area contributed by atoms with Crippen molar-refractivity contribution in [3.63, 3.8) is 0 Å². The van der Waals surface area contributed by atoms with Gasteiger partial charge in [0, 0.05) is 0 Å². The number of thiol groups is 1. The number of alkyl carbamates (subject to hydrolysis) is 1. The van der Waals surface area contributed by atoms with Crippen molar-refractivity contribution in [1.82, 2.24) is 5.32 Å². The predicted molar refractivity (Wildman–Crippen MR) is 67.8 cm³/mol. The molecule has 0 fully saturated rings. The third-order valence-electron chi connectivity index (χ3n) is 2.21. The summed E-state index contributed by atoms with van der Waals surface area (Å²) in [5.41, 5.74) is 0.896. The Morgan fingerprint density at radius 1 is 1.35 bits per heavy atom. The zero-order valence-electron chi connectivity index (χ0n) is 9.55. The number of carbonyl (C=O) groups excluding carboxylic acids is 2. The topological polar surface area (TPSA) is 55.4 Å². The van der Waals surface area contributed by atoms with E-state index < -0.39 is 12.1 Å². The Labute approximate surface area is 106 Å². The van der Waals surface area contributed by atoms with Gasteiger partial charge in [0.1, 0.15) is 12.6 Å². The lowest BCUT2D eigenvalue weighted by molar-refractivity contribution is -0.112. The normalized spacial score (nSPS) is 11.6. The summed E-state index contributed by atoms with van der Waals surface area (Å²) < 4.78 is 4.97. The van der Waals surface area contributed by atoms with Crippen molar-refractivity contribution in [3.8, 4) is 0 Å². The van der Waals surface area contributed by atoms with Crippen LogP contribution in [0.25, 0.3) is 0 Å². The highest BCUT2D eigenvalue weighted by atomic mass is 32.1. The molecule has 1 rings (SSSR count). The molecule has 0 aliphatic heterocycles. The molecule has 0 bridgehead atoms. The van der Waals surface area contributed by atoms with Crippen molar-refractivity contribution in [3.05, 3.63) is 35.9 Å². The lowest BCUT2D eigenvalue weighted by atomic mass is 10.2. The molecule has 0 aliphatic carbocycles. The monoisotopic (exact) mass is 253 g/mol. The van der Waals surface area contributed by atoms with E-state index in [-0.39, 0.29) is 11.7 Å². The first-order valence-corrected chi connectivity index (χ1v) is 5.78. The van der Waals surface area contributed by atoms with Crippen LogP contribution in [0.1, 0.15) is 18.9 Å². The molecule has 92 valence electrons. The highest BCUT2D eigenvalue weighted by Crippen LogP contribution is 2.02. The molecule has 0 spiro atoms. The summed E-state index contributed by atoms with van der Waals surface area (Å²) in [7, 11) is 0. The molecule has 0 saturated carbocycles. The molecule has 1 aromatic rings. The van der Waals surface area contributed by atoms with E-state index in [1.807, 2.05) is 30.3 Å². The molecule has 0 aromatic heterocycles. The van der Waals surface area contributed by atoms with Gasteiger partial charge in [0.05, 0.1) is 0 Å². The molecule has 0 saturated heterocycles. The van der Waals surface area contributed by atoms with Crippen molar-refractivity contribution in [2.45, 2.75) is 26.0 Å². The summed E-state index contributed by atoms with van der Waals surface area (Å²) in [5, 5.41) is 2.08. The summed E-state index contributed by atoms with van der Waals surface area (Å²) in [6, 6.07) is 8.73. The van der Waals surface area contributed by atoms with E-state index in [9.17, 15) is 9.59 Å². The van der Waals surface area contributed by atoms with Crippen LogP contribution in [0.15, 0.2) is 30.3 Å². The highest BCUT2D eigenvalue weighted by Gasteiger charge is 2.16. The Bertz CT molecular complexity index is 381. The zero-order chi connectivity index (χ0) is 12.7. The average Bonchev–Trinajstić information content (AvgIpc) is 2.34. The number of ether oxygens (including phenoxy) is 1. The van der Waals surface area contributed by atoms with Gasteiger partial charge >= 0.3 is 6.09 Å². The Morgan fingerprint density at radius 2 is 2.00 bits per heavy atom.